The van der Waals surface area contributed by atoms with Gasteiger partial charge < -0.3 is 9.80 Å². The quantitative estimate of drug-likeness (QED) is 0.743. The Balaban J connectivity index is 1.63. The van der Waals surface area contributed by atoms with Crippen molar-refractivity contribution in [2.75, 3.05) is 31.0 Å². The molecule has 4 aliphatic heterocycles. The molecule has 23 heavy (non-hydrogen) atoms. The lowest BCUT2D eigenvalue weighted by molar-refractivity contribution is 0.0553. The molecule has 2 aromatic carbocycles. The molecule has 0 radical (unpaired) electrons. The lowest BCUT2D eigenvalue weighted by Crippen LogP contribution is -2.50. The molecule has 0 unspecified atom stereocenters. The third-order valence-electron chi connectivity index (χ3n) is 5.38. The summed E-state index contributed by atoms with van der Waals surface area (Å²) in [6.07, 6.45) is 2.27. The number of benzene rings is 2. The molecule has 4 aliphatic rings. The van der Waals surface area contributed by atoms with Crippen LogP contribution in [0.3, 0.4) is 0 Å². The van der Waals surface area contributed by atoms with Crippen molar-refractivity contribution in [3.8, 4) is 0 Å². The Bertz CT molecular complexity index is 756. The molecule has 0 amide bonds. The summed E-state index contributed by atoms with van der Waals surface area (Å²) in [7, 11) is 0. The number of piperidine rings is 3. The number of hydrogen-bond donors (Lipinski definition) is 0. The molecular formula is C20H22N2S. The summed E-state index contributed by atoms with van der Waals surface area (Å²) >= 11 is 1.75. The maximum atomic E-state index is 9.19. The van der Waals surface area contributed by atoms with E-state index in [4.69, 9.17) is 0 Å². The fourth-order valence-electron chi connectivity index (χ4n) is 4.12. The fraction of sp³-hybridized carbons (Fsp3) is 0.400. The van der Waals surface area contributed by atoms with Gasteiger partial charge in [0.25, 0.3) is 0 Å². The highest BCUT2D eigenvalue weighted by Gasteiger charge is 2.36. The van der Waals surface area contributed by atoms with Crippen molar-refractivity contribution in [2.45, 2.75) is 22.6 Å². The summed E-state index contributed by atoms with van der Waals surface area (Å²) in [5, 5.41) is 0. The van der Waals surface area contributed by atoms with Crippen LogP contribution in [0.1, 0.15) is 15.6 Å². The molecule has 0 spiro atoms. The molecule has 2 aromatic rings. The van der Waals surface area contributed by atoms with Crippen LogP contribution in [0.5, 0.6) is 0 Å². The minimum absolute atomic E-state index is 0.0548. The average Bonchev–Trinajstić information content (AvgIpc) is 2.66. The van der Waals surface area contributed by atoms with Crippen molar-refractivity contribution >= 4 is 23.1 Å². The van der Waals surface area contributed by atoms with Crippen LogP contribution >= 0.6 is 11.8 Å². The van der Waals surface area contributed by atoms with Crippen LogP contribution in [0, 0.1) is 11.8 Å². The molecule has 1 atom stereocenters. The van der Waals surface area contributed by atoms with Gasteiger partial charge in [0.1, 0.15) is 0 Å². The van der Waals surface area contributed by atoms with Crippen LogP contribution < -0.4 is 4.90 Å². The van der Waals surface area contributed by atoms with E-state index in [-0.39, 0.29) is 5.92 Å². The number of anilines is 2. The highest BCUT2D eigenvalue weighted by Crippen LogP contribution is 2.48. The first kappa shape index (κ1) is 12.0. The van der Waals surface area contributed by atoms with Gasteiger partial charge in [0.05, 0.1) is 14.1 Å². The molecule has 4 heterocycles. The van der Waals surface area contributed by atoms with Crippen molar-refractivity contribution in [1.29, 1.82) is 0 Å². The number of nitrogens with zero attached hydrogens (tertiary/aromatic N) is 2. The Morgan fingerprint density at radius 2 is 1.57 bits per heavy atom. The zero-order valence-electron chi connectivity index (χ0n) is 15.1. The van der Waals surface area contributed by atoms with E-state index in [0.29, 0.717) is 5.92 Å². The number of fused-ring (bicyclic) bond motifs is 5. The van der Waals surface area contributed by atoms with Gasteiger partial charge in [0.15, 0.2) is 0 Å². The third-order valence-corrected chi connectivity index (χ3v) is 6.51. The monoisotopic (exact) mass is 325 g/mol. The average molecular weight is 325 g/mol. The van der Waals surface area contributed by atoms with Crippen LogP contribution in [0.25, 0.3) is 0 Å². The molecule has 0 aromatic heterocycles. The Morgan fingerprint density at radius 1 is 0.957 bits per heavy atom. The van der Waals surface area contributed by atoms with Gasteiger partial charge in [-0.25, -0.2) is 0 Å². The second-order valence-electron chi connectivity index (χ2n) is 6.75. The van der Waals surface area contributed by atoms with E-state index in [2.05, 4.69) is 29.2 Å². The van der Waals surface area contributed by atoms with Crippen LogP contribution in [-0.4, -0.2) is 31.0 Å². The number of para-hydroxylation sites is 2. The highest BCUT2D eigenvalue weighted by molar-refractivity contribution is 7.99. The molecule has 3 fully saturated rings. The van der Waals surface area contributed by atoms with E-state index in [1.807, 2.05) is 29.2 Å². The summed E-state index contributed by atoms with van der Waals surface area (Å²) in [6, 6.07) is 16.5. The summed E-state index contributed by atoms with van der Waals surface area (Å²) in [4.78, 5) is 6.72. The van der Waals surface area contributed by atoms with E-state index >= 15 is 0 Å². The minimum atomic E-state index is -1.39. The van der Waals surface area contributed by atoms with E-state index < -0.39 is 6.50 Å². The molecule has 118 valence electrons. The van der Waals surface area contributed by atoms with Crippen molar-refractivity contribution in [2.24, 2.45) is 11.8 Å². The van der Waals surface area contributed by atoms with Crippen molar-refractivity contribution < 1.29 is 2.74 Å². The fourth-order valence-corrected chi connectivity index (χ4v) is 5.18. The van der Waals surface area contributed by atoms with Crippen molar-refractivity contribution in [3.63, 3.8) is 0 Å². The first-order valence-corrected chi connectivity index (χ1v) is 9.35. The smallest absolute Gasteiger partial charge is 0.0552 e. The molecule has 0 N–H and O–H groups in total. The standard InChI is InChI=1S/C20H22N2S/c1-3-7-19-17(5-1)22(18-6-2-4-8-20(18)23-19)14-16-13-21-11-9-15(16)10-12-21/h1-8,15-16H,9-14H2/t16-/m1/s1/i14+1D2. The van der Waals surface area contributed by atoms with Gasteiger partial charge in [-0.05, 0) is 62.0 Å². The summed E-state index contributed by atoms with van der Waals surface area (Å²) in [5.74, 6) is 0.549. The van der Waals surface area contributed by atoms with Gasteiger partial charge in [-0.1, -0.05) is 36.0 Å². The Morgan fingerprint density at radius 3 is 2.13 bits per heavy atom. The molecule has 2 bridgehead atoms. The first-order chi connectivity index (χ1) is 12.1. The maximum Gasteiger partial charge on any atom is 0.0552 e. The third kappa shape index (κ3) is 2.38. The lowest BCUT2D eigenvalue weighted by atomic mass is 9.82. The maximum absolute atomic E-state index is 9.19. The normalized spacial score (nSPS) is 30.3. The zero-order valence-corrected chi connectivity index (χ0v) is 13.9. The predicted molar refractivity (Wildman–Crippen MR) is 96.7 cm³/mol. The van der Waals surface area contributed by atoms with Gasteiger partial charge in [-0.2, -0.15) is 0 Å². The summed E-state index contributed by atoms with van der Waals surface area (Å²) < 4.78 is 18.4. The molecule has 6 rings (SSSR count). The van der Waals surface area contributed by atoms with Crippen LogP contribution in [0.4, 0.5) is 11.4 Å². The van der Waals surface area contributed by atoms with Gasteiger partial charge in [-0.15, -0.1) is 0 Å². The summed E-state index contributed by atoms with van der Waals surface area (Å²) in [6.45, 7) is 1.77. The lowest BCUT2D eigenvalue weighted by Gasteiger charge is -2.47. The van der Waals surface area contributed by atoms with Gasteiger partial charge in [0.2, 0.25) is 0 Å². The van der Waals surface area contributed by atoms with E-state index in [1.165, 1.54) is 0 Å². The van der Waals surface area contributed by atoms with Crippen LogP contribution in [0.2, 0.25) is 0 Å². The Kier molecular flexibility index (Phi) is 2.90. The Labute approximate surface area is 145 Å². The highest BCUT2D eigenvalue weighted by atomic mass is 32.2. The van der Waals surface area contributed by atoms with Crippen molar-refractivity contribution in [1.82, 2.24) is 4.90 Å². The number of rotatable bonds is 2. The predicted octanol–water partition coefficient (Wildman–Crippen LogP) is 4.63. The second kappa shape index (κ2) is 5.57. The largest absolute Gasteiger partial charge is 0.339 e. The number of hydrogen-bond acceptors (Lipinski definition) is 3. The molecule has 2 nitrogen and oxygen atoms in total. The van der Waals surface area contributed by atoms with Gasteiger partial charge in [-0.3, -0.25) is 0 Å². The van der Waals surface area contributed by atoms with Gasteiger partial charge in [0, 0.05) is 22.8 Å². The second-order valence-corrected chi connectivity index (χ2v) is 7.83. The van der Waals surface area contributed by atoms with Crippen LogP contribution in [-0.2, 0) is 0 Å². The van der Waals surface area contributed by atoms with Gasteiger partial charge >= 0.3 is 0 Å². The van der Waals surface area contributed by atoms with E-state index in [1.54, 1.807) is 11.8 Å². The Hall–Kier alpha value is -1.45. The van der Waals surface area contributed by atoms with E-state index in [9.17, 15) is 2.74 Å². The minimum Gasteiger partial charge on any atom is -0.339 e. The van der Waals surface area contributed by atoms with Crippen LogP contribution in [0.15, 0.2) is 58.3 Å². The molecule has 3 saturated heterocycles. The molecular weight excluding hydrogens is 301 g/mol. The molecule has 0 saturated carbocycles. The topological polar surface area (TPSA) is 6.48 Å². The molecule has 3 heteroatoms. The zero-order chi connectivity index (χ0) is 17.0. The first-order valence-electron chi connectivity index (χ1n) is 9.53. The summed E-state index contributed by atoms with van der Waals surface area (Å²) in [5.41, 5.74) is 2.01. The van der Waals surface area contributed by atoms with Crippen molar-refractivity contribution in [3.05, 3.63) is 48.5 Å². The van der Waals surface area contributed by atoms with E-state index in [0.717, 1.165) is 53.6 Å². The molecule has 0 aliphatic carbocycles. The SMILES string of the molecule is [2H][13C]([2H])([C@H]1CN2CCC1CC2)N1c2ccccc2Sc2ccccc21.